The van der Waals surface area contributed by atoms with Crippen LogP contribution in [0.1, 0.15) is 28.4 Å². The molecule has 1 atom stereocenters. The van der Waals surface area contributed by atoms with Crippen molar-refractivity contribution in [3.8, 4) is 0 Å². The van der Waals surface area contributed by atoms with E-state index in [2.05, 4.69) is 29.2 Å². The molecule has 3 nitrogen and oxygen atoms in total. The van der Waals surface area contributed by atoms with E-state index in [-0.39, 0.29) is 24.1 Å². The second-order valence-corrected chi connectivity index (χ2v) is 6.87. The van der Waals surface area contributed by atoms with E-state index >= 15 is 0 Å². The summed E-state index contributed by atoms with van der Waals surface area (Å²) in [7, 11) is 0. The summed E-state index contributed by atoms with van der Waals surface area (Å²) in [5, 5.41) is 0. The lowest BCUT2D eigenvalue weighted by atomic mass is 10.1. The molecule has 0 aliphatic rings. The number of hydrogen-bond donors (Lipinski definition) is 0. The molecule has 0 aliphatic heterocycles. The van der Waals surface area contributed by atoms with Crippen molar-refractivity contribution in [2.24, 2.45) is 0 Å². The van der Waals surface area contributed by atoms with Crippen LogP contribution in [0.25, 0.3) is 0 Å². The number of benzene rings is 3. The van der Waals surface area contributed by atoms with Gasteiger partial charge in [-0.05, 0) is 36.2 Å². The van der Waals surface area contributed by atoms with E-state index in [1.165, 1.54) is 29.3 Å². The van der Waals surface area contributed by atoms with E-state index in [9.17, 15) is 9.18 Å². The Labute approximate surface area is 177 Å². The molecule has 3 rings (SSSR count). The van der Waals surface area contributed by atoms with Crippen LogP contribution in [0.2, 0.25) is 0 Å². The lowest BCUT2D eigenvalue weighted by molar-refractivity contribution is 0.0236. The molecule has 1 unspecified atom stereocenters. The molecule has 3 aromatic rings. The van der Waals surface area contributed by atoms with Crippen LogP contribution in [-0.4, -0.2) is 23.5 Å². The van der Waals surface area contributed by atoms with Crippen LogP contribution < -0.4 is 0 Å². The van der Waals surface area contributed by atoms with Gasteiger partial charge in [0.2, 0.25) is 0 Å². The van der Waals surface area contributed by atoms with Gasteiger partial charge in [0.05, 0.1) is 5.56 Å². The van der Waals surface area contributed by atoms with Gasteiger partial charge in [-0.15, -0.1) is 12.4 Å². The third-order valence-corrected chi connectivity index (χ3v) is 4.38. The molecule has 5 heteroatoms. The van der Waals surface area contributed by atoms with Crippen molar-refractivity contribution in [1.82, 2.24) is 4.90 Å². The summed E-state index contributed by atoms with van der Waals surface area (Å²) in [6.07, 6.45) is -0.330. The first-order valence-corrected chi connectivity index (χ1v) is 9.37. The van der Waals surface area contributed by atoms with Crippen molar-refractivity contribution < 1.29 is 13.9 Å². The zero-order valence-electron chi connectivity index (χ0n) is 16.3. The minimum atomic E-state index is -0.508. The van der Waals surface area contributed by atoms with Crippen LogP contribution >= 0.6 is 12.4 Å². The topological polar surface area (TPSA) is 29.5 Å². The third kappa shape index (κ3) is 7.33. The molecule has 0 aromatic heterocycles. The minimum Gasteiger partial charge on any atom is -0.458 e. The molecule has 0 spiro atoms. The highest BCUT2D eigenvalue weighted by molar-refractivity contribution is 5.89. The van der Waals surface area contributed by atoms with E-state index in [0.29, 0.717) is 6.54 Å². The Hall–Kier alpha value is -2.69. The van der Waals surface area contributed by atoms with Gasteiger partial charge >= 0.3 is 5.97 Å². The molecule has 0 heterocycles. The number of carbonyl (C=O) groups excluding carboxylic acids is 1. The number of rotatable bonds is 8. The number of halogens is 2. The molecule has 0 saturated carbocycles. The Morgan fingerprint density at radius 3 is 1.97 bits per heavy atom. The first-order chi connectivity index (χ1) is 13.6. The van der Waals surface area contributed by atoms with Crippen LogP contribution in [0, 0.1) is 5.82 Å². The third-order valence-electron chi connectivity index (χ3n) is 4.38. The van der Waals surface area contributed by atoms with E-state index in [0.717, 1.165) is 13.1 Å². The van der Waals surface area contributed by atoms with Crippen molar-refractivity contribution in [1.29, 1.82) is 0 Å². The molecule has 0 fully saturated rings. The van der Waals surface area contributed by atoms with Gasteiger partial charge in [0.15, 0.2) is 0 Å². The van der Waals surface area contributed by atoms with Crippen molar-refractivity contribution in [2.45, 2.75) is 26.1 Å². The highest BCUT2D eigenvalue weighted by atomic mass is 35.5. The van der Waals surface area contributed by atoms with Gasteiger partial charge < -0.3 is 4.74 Å². The lowest BCUT2D eigenvalue weighted by Crippen LogP contribution is -2.33. The van der Waals surface area contributed by atoms with Gasteiger partial charge in [-0.1, -0.05) is 66.7 Å². The van der Waals surface area contributed by atoms with Gasteiger partial charge in [-0.2, -0.15) is 0 Å². The molecule has 0 radical (unpaired) electrons. The SMILES string of the molecule is CC(CN(Cc1ccccc1)Cc1ccccc1)OC(=O)c1cccc(F)c1.Cl. The quantitative estimate of drug-likeness (QED) is 0.457. The van der Waals surface area contributed by atoms with Gasteiger partial charge in [0.25, 0.3) is 0 Å². The summed E-state index contributed by atoms with van der Waals surface area (Å²) in [6, 6.07) is 26.0. The normalized spacial score (nSPS) is 11.6. The predicted molar refractivity (Wildman–Crippen MR) is 116 cm³/mol. The minimum absolute atomic E-state index is 0. The van der Waals surface area contributed by atoms with Gasteiger partial charge in [0, 0.05) is 19.6 Å². The van der Waals surface area contributed by atoms with Crippen LogP contribution in [-0.2, 0) is 17.8 Å². The fourth-order valence-electron chi connectivity index (χ4n) is 3.14. The van der Waals surface area contributed by atoms with Gasteiger partial charge in [-0.3, -0.25) is 4.90 Å². The van der Waals surface area contributed by atoms with E-state index in [4.69, 9.17) is 4.74 Å². The Morgan fingerprint density at radius 1 is 0.897 bits per heavy atom. The number of ether oxygens (including phenoxy) is 1. The van der Waals surface area contributed by atoms with Crippen molar-refractivity contribution in [3.63, 3.8) is 0 Å². The van der Waals surface area contributed by atoms with E-state index in [1.54, 1.807) is 6.07 Å². The molecule has 29 heavy (non-hydrogen) atoms. The first-order valence-electron chi connectivity index (χ1n) is 9.37. The molecular formula is C24H25ClFNO2. The zero-order chi connectivity index (χ0) is 19.8. The monoisotopic (exact) mass is 413 g/mol. The molecule has 0 saturated heterocycles. The Kier molecular flexibility index (Phi) is 8.84. The predicted octanol–water partition coefficient (Wildman–Crippen LogP) is 5.50. The highest BCUT2D eigenvalue weighted by Gasteiger charge is 2.17. The van der Waals surface area contributed by atoms with Crippen LogP contribution in [0.3, 0.4) is 0 Å². The summed E-state index contributed by atoms with van der Waals surface area (Å²) in [4.78, 5) is 14.5. The summed E-state index contributed by atoms with van der Waals surface area (Å²) in [5.41, 5.74) is 2.62. The largest absolute Gasteiger partial charge is 0.458 e. The number of esters is 1. The van der Waals surface area contributed by atoms with Crippen LogP contribution in [0.4, 0.5) is 4.39 Å². The van der Waals surface area contributed by atoms with Crippen molar-refractivity contribution in [2.75, 3.05) is 6.54 Å². The average molecular weight is 414 g/mol. The standard InChI is InChI=1S/C24H24FNO2.ClH/c1-19(28-24(27)22-13-8-14-23(25)15-22)16-26(17-20-9-4-2-5-10-20)18-21-11-6-3-7-12-21;/h2-15,19H,16-18H2,1H3;1H. The number of nitrogens with zero attached hydrogens (tertiary/aromatic N) is 1. The average Bonchev–Trinajstić information content (AvgIpc) is 2.69. The highest BCUT2D eigenvalue weighted by Crippen LogP contribution is 2.13. The molecule has 3 aromatic carbocycles. The second kappa shape index (κ2) is 11.3. The van der Waals surface area contributed by atoms with Crippen LogP contribution in [0.15, 0.2) is 84.9 Å². The second-order valence-electron chi connectivity index (χ2n) is 6.87. The Bertz CT molecular complexity index is 848. The number of carbonyl (C=O) groups is 1. The fraction of sp³-hybridized carbons (Fsp3) is 0.208. The Morgan fingerprint density at radius 2 is 1.45 bits per heavy atom. The van der Waals surface area contributed by atoms with Crippen molar-refractivity contribution >= 4 is 18.4 Å². The maximum Gasteiger partial charge on any atom is 0.338 e. The number of hydrogen-bond acceptors (Lipinski definition) is 3. The summed E-state index contributed by atoms with van der Waals surface area (Å²) in [6.45, 7) is 3.93. The fourth-order valence-corrected chi connectivity index (χ4v) is 3.14. The molecular weight excluding hydrogens is 389 g/mol. The summed E-state index contributed by atoms with van der Waals surface area (Å²) in [5.74, 6) is -0.955. The molecule has 0 bridgehead atoms. The van der Waals surface area contributed by atoms with E-state index in [1.807, 2.05) is 43.3 Å². The molecule has 0 aliphatic carbocycles. The molecule has 152 valence electrons. The first kappa shape index (κ1) is 22.6. The van der Waals surface area contributed by atoms with E-state index < -0.39 is 11.8 Å². The van der Waals surface area contributed by atoms with Gasteiger partial charge in [-0.25, -0.2) is 9.18 Å². The van der Waals surface area contributed by atoms with Crippen LogP contribution in [0.5, 0.6) is 0 Å². The molecule has 0 N–H and O–H groups in total. The summed E-state index contributed by atoms with van der Waals surface area (Å²) < 4.78 is 18.9. The Balaban J connectivity index is 0.00000300. The van der Waals surface area contributed by atoms with Gasteiger partial charge in [0.1, 0.15) is 11.9 Å². The maximum absolute atomic E-state index is 13.3. The zero-order valence-corrected chi connectivity index (χ0v) is 17.1. The maximum atomic E-state index is 13.3. The lowest BCUT2D eigenvalue weighted by Gasteiger charge is -2.26. The summed E-state index contributed by atoms with van der Waals surface area (Å²) >= 11 is 0. The molecule has 0 amide bonds. The smallest absolute Gasteiger partial charge is 0.338 e. The van der Waals surface area contributed by atoms with Crippen molar-refractivity contribution in [3.05, 3.63) is 107 Å².